The van der Waals surface area contributed by atoms with Crippen LogP contribution in [0.15, 0.2) is 60.9 Å². The Bertz CT molecular complexity index is 1350. The van der Waals surface area contributed by atoms with Crippen molar-refractivity contribution in [2.24, 2.45) is 0 Å². The van der Waals surface area contributed by atoms with Gasteiger partial charge in [-0.25, -0.2) is 0 Å². The molecule has 6 rings (SSSR count). The number of nitrogens with one attached hydrogen (secondary N) is 2. The van der Waals surface area contributed by atoms with Gasteiger partial charge < -0.3 is 29.3 Å². The van der Waals surface area contributed by atoms with Gasteiger partial charge >= 0.3 is 11.9 Å². The van der Waals surface area contributed by atoms with E-state index < -0.39 is 5.97 Å². The Morgan fingerprint density at radius 2 is 1.53 bits per heavy atom. The Balaban J connectivity index is 0.000000219. The first-order valence-corrected chi connectivity index (χ1v) is 12.3. The minimum atomic E-state index is -0.754. The second-order valence-corrected chi connectivity index (χ2v) is 9.14. The summed E-state index contributed by atoms with van der Waals surface area (Å²) in [6.07, 6.45) is 6.34. The highest BCUT2D eigenvalue weighted by molar-refractivity contribution is 5.84. The van der Waals surface area contributed by atoms with Gasteiger partial charge in [0.1, 0.15) is 6.10 Å². The minimum absolute atomic E-state index is 0. The smallest absolute Gasteiger partial charge is 0.306 e. The number of hydrogen-bond acceptors (Lipinski definition) is 5. The van der Waals surface area contributed by atoms with E-state index in [9.17, 15) is 9.59 Å². The number of para-hydroxylation sites is 2. The van der Waals surface area contributed by atoms with Crippen LogP contribution in [-0.2, 0) is 36.6 Å². The molecule has 0 unspecified atom stereocenters. The van der Waals surface area contributed by atoms with Gasteiger partial charge in [0.2, 0.25) is 0 Å². The zero-order valence-electron chi connectivity index (χ0n) is 19.9. The molecule has 192 valence electrons. The lowest BCUT2D eigenvalue weighted by molar-refractivity contribution is -0.153. The zero-order chi connectivity index (χ0) is 24.9. The number of benzene rings is 2. The molecule has 2 saturated heterocycles. The van der Waals surface area contributed by atoms with E-state index in [0.717, 1.165) is 34.0 Å². The second kappa shape index (κ2) is 11.0. The van der Waals surface area contributed by atoms with Gasteiger partial charge in [0, 0.05) is 56.5 Å². The number of rotatable bonds is 7. The van der Waals surface area contributed by atoms with E-state index in [1.807, 2.05) is 54.9 Å². The second-order valence-electron chi connectivity index (χ2n) is 9.14. The van der Waals surface area contributed by atoms with Crippen LogP contribution >= 0.6 is 0 Å². The predicted molar refractivity (Wildman–Crippen MR) is 139 cm³/mol. The Morgan fingerprint density at radius 1 is 0.917 bits per heavy atom. The molecule has 3 atom stereocenters. The third-order valence-corrected chi connectivity index (χ3v) is 6.76. The number of ether oxygens (including phenoxy) is 3. The van der Waals surface area contributed by atoms with Gasteiger partial charge in [-0.2, -0.15) is 0 Å². The number of aromatic amines is 2. The first kappa shape index (κ1) is 24.1. The molecule has 0 spiro atoms. The zero-order valence-corrected chi connectivity index (χ0v) is 19.9. The number of aromatic nitrogens is 2. The van der Waals surface area contributed by atoms with Crippen LogP contribution in [0.4, 0.5) is 0 Å². The van der Waals surface area contributed by atoms with Gasteiger partial charge in [0.05, 0.1) is 12.7 Å². The number of carboxylic acids is 1. The van der Waals surface area contributed by atoms with Gasteiger partial charge in [0.25, 0.3) is 0 Å². The van der Waals surface area contributed by atoms with Gasteiger partial charge in [0.15, 0.2) is 6.10 Å². The summed E-state index contributed by atoms with van der Waals surface area (Å²) in [7, 11) is 0. The molecular weight excluding hydrogens is 460 g/mol. The van der Waals surface area contributed by atoms with Gasteiger partial charge in [-0.3, -0.25) is 9.59 Å². The monoisotopic (exact) mass is 494 g/mol. The van der Waals surface area contributed by atoms with Crippen LogP contribution in [0, 0.1) is 0 Å². The van der Waals surface area contributed by atoms with Gasteiger partial charge in [-0.1, -0.05) is 36.4 Å². The van der Waals surface area contributed by atoms with Crippen LogP contribution in [0.5, 0.6) is 0 Å². The van der Waals surface area contributed by atoms with Crippen LogP contribution in [0.2, 0.25) is 0 Å². The van der Waals surface area contributed by atoms with Crippen LogP contribution in [0.25, 0.3) is 21.8 Å². The molecule has 0 amide bonds. The maximum Gasteiger partial charge on any atom is 0.306 e. The van der Waals surface area contributed by atoms with E-state index in [-0.39, 0.29) is 33.6 Å². The van der Waals surface area contributed by atoms with Crippen molar-refractivity contribution in [2.75, 3.05) is 13.2 Å². The van der Waals surface area contributed by atoms with Crippen LogP contribution in [0.1, 0.15) is 33.2 Å². The topological polar surface area (TPSA) is 114 Å². The van der Waals surface area contributed by atoms with Crippen molar-refractivity contribution in [1.29, 1.82) is 0 Å². The summed E-state index contributed by atoms with van der Waals surface area (Å²) in [6.45, 7) is 1.15. The fourth-order valence-corrected chi connectivity index (χ4v) is 4.91. The summed E-state index contributed by atoms with van der Waals surface area (Å²) in [4.78, 5) is 28.8. The average molecular weight is 495 g/mol. The number of carbonyl (C=O) groups excluding carboxylic acids is 1. The lowest BCUT2D eigenvalue weighted by Gasteiger charge is -2.16. The molecule has 8 heteroatoms. The highest BCUT2D eigenvalue weighted by Gasteiger charge is 2.43. The summed E-state index contributed by atoms with van der Waals surface area (Å²) in [5.41, 5.74) is 4.37. The quantitative estimate of drug-likeness (QED) is 0.316. The van der Waals surface area contributed by atoms with E-state index in [1.54, 1.807) is 0 Å². The molecular formula is C28H34N2O6. The fourth-order valence-electron chi connectivity index (χ4n) is 4.91. The molecule has 2 aliphatic rings. The predicted octanol–water partition coefficient (Wildman–Crippen LogP) is 4.88. The molecule has 36 heavy (non-hydrogen) atoms. The minimum Gasteiger partial charge on any atom is -0.481 e. The number of H-pyrrole nitrogens is 2. The first-order chi connectivity index (χ1) is 17.6. The summed E-state index contributed by atoms with van der Waals surface area (Å²) in [6, 6.07) is 16.0. The number of carbonyl (C=O) groups is 2. The van der Waals surface area contributed by atoms with Crippen molar-refractivity contribution in [1.82, 2.24) is 9.97 Å². The van der Waals surface area contributed by atoms with Gasteiger partial charge in [-0.15, -0.1) is 0 Å². The molecule has 2 aromatic heterocycles. The Morgan fingerprint density at radius 3 is 2.17 bits per heavy atom. The van der Waals surface area contributed by atoms with Crippen LogP contribution in [0.3, 0.4) is 0 Å². The molecule has 4 aromatic rings. The summed E-state index contributed by atoms with van der Waals surface area (Å²) in [5, 5.41) is 10.9. The van der Waals surface area contributed by atoms with E-state index in [4.69, 9.17) is 19.3 Å². The Labute approximate surface area is 211 Å². The molecule has 4 heterocycles. The van der Waals surface area contributed by atoms with Crippen molar-refractivity contribution >= 4 is 33.7 Å². The number of aryl methyl sites for hydroxylation is 2. The van der Waals surface area contributed by atoms with Crippen LogP contribution in [-0.4, -0.2) is 58.5 Å². The molecule has 0 saturated carbocycles. The molecule has 0 aliphatic carbocycles. The normalized spacial score (nSPS) is 20.7. The standard InChI is InChI=1S/C17H19NO4.C11H11NO2.2H2/c19-16(22-15-10-21-14-7-8-20-17(14)15)6-5-11-9-18-13-4-2-1-3-12(11)13;13-11(14)6-5-8-7-12-10-4-2-1-3-9(8)10;;/h1-4,9,14-15,17-18H,5-8,10H2;1-4,7,12H,5-6H2,(H,13,14);2*1H/t14-,15+,17+;;;/m1.../s1. The third-order valence-electron chi connectivity index (χ3n) is 6.76. The average Bonchev–Trinajstić information content (AvgIpc) is 3.67. The SMILES string of the molecule is O=C(CCc1c[nH]c2ccccc12)O[C@H]1CO[C@@H]2CCO[C@H]12.O=C(O)CCc1c[nH]c2ccccc12.[HH].[HH]. The maximum atomic E-state index is 12.1. The number of esters is 1. The molecule has 2 aromatic carbocycles. The highest BCUT2D eigenvalue weighted by Crippen LogP contribution is 2.28. The van der Waals surface area contributed by atoms with Crippen molar-refractivity contribution in [3.8, 4) is 0 Å². The molecule has 0 radical (unpaired) electrons. The van der Waals surface area contributed by atoms with E-state index in [2.05, 4.69) is 16.0 Å². The van der Waals surface area contributed by atoms with Crippen LogP contribution < -0.4 is 0 Å². The van der Waals surface area contributed by atoms with Crippen molar-refractivity contribution in [3.05, 3.63) is 72.1 Å². The first-order valence-electron chi connectivity index (χ1n) is 12.3. The molecule has 3 N–H and O–H groups in total. The van der Waals surface area contributed by atoms with E-state index >= 15 is 0 Å². The molecule has 2 aliphatic heterocycles. The largest absolute Gasteiger partial charge is 0.481 e. The molecule has 2 fully saturated rings. The summed E-state index contributed by atoms with van der Waals surface area (Å²) < 4.78 is 16.7. The Hall–Kier alpha value is -3.62. The van der Waals surface area contributed by atoms with E-state index in [1.165, 1.54) is 5.39 Å². The fraction of sp³-hybridized carbons (Fsp3) is 0.357. The van der Waals surface area contributed by atoms with Crippen molar-refractivity contribution < 1.29 is 31.8 Å². The number of aliphatic carboxylic acids is 1. The highest BCUT2D eigenvalue weighted by atomic mass is 16.6. The summed E-state index contributed by atoms with van der Waals surface area (Å²) in [5.74, 6) is -0.940. The number of carboxylic acid groups (broad SMARTS) is 1. The summed E-state index contributed by atoms with van der Waals surface area (Å²) >= 11 is 0. The third kappa shape index (κ3) is 5.45. The molecule has 0 bridgehead atoms. The van der Waals surface area contributed by atoms with E-state index in [0.29, 0.717) is 32.5 Å². The van der Waals surface area contributed by atoms with Gasteiger partial charge in [-0.05, 0) is 42.5 Å². The lowest BCUT2D eigenvalue weighted by atomic mass is 10.1. The Kier molecular flexibility index (Phi) is 7.34. The lowest BCUT2D eigenvalue weighted by Crippen LogP contribution is -2.32. The van der Waals surface area contributed by atoms with Crippen molar-refractivity contribution in [2.45, 2.75) is 50.4 Å². The number of hydrogen-bond donors (Lipinski definition) is 3. The van der Waals surface area contributed by atoms with Crippen molar-refractivity contribution in [3.63, 3.8) is 0 Å². The maximum absolute atomic E-state index is 12.1. The molecule has 8 nitrogen and oxygen atoms in total. The number of fused-ring (bicyclic) bond motifs is 3.